The molecule has 0 aliphatic carbocycles. The molecule has 5 nitrogen and oxygen atoms in total. The lowest BCUT2D eigenvalue weighted by Crippen LogP contribution is -2.37. The summed E-state index contributed by atoms with van der Waals surface area (Å²) in [4.78, 5) is 0.229. The molecule has 0 fully saturated rings. The SMILES string of the molecule is COCCNS(=O)(=O)c1ccc2c(c1)CNC(CF)C2.Cl. The van der Waals surface area contributed by atoms with Crippen LogP contribution < -0.4 is 10.0 Å². The summed E-state index contributed by atoms with van der Waals surface area (Å²) < 4.78 is 44.1. The first-order valence-electron chi connectivity index (χ1n) is 6.46. The highest BCUT2D eigenvalue weighted by molar-refractivity contribution is 7.89. The second-order valence-corrected chi connectivity index (χ2v) is 6.52. The molecule has 2 N–H and O–H groups in total. The molecule has 0 saturated heterocycles. The second-order valence-electron chi connectivity index (χ2n) is 4.76. The van der Waals surface area contributed by atoms with Gasteiger partial charge in [-0.15, -0.1) is 12.4 Å². The minimum Gasteiger partial charge on any atom is -0.383 e. The van der Waals surface area contributed by atoms with Crippen molar-refractivity contribution >= 4 is 22.4 Å². The van der Waals surface area contributed by atoms with E-state index in [9.17, 15) is 12.8 Å². The van der Waals surface area contributed by atoms with Crippen LogP contribution >= 0.6 is 12.4 Å². The van der Waals surface area contributed by atoms with Gasteiger partial charge in [0, 0.05) is 26.2 Å². The Labute approximate surface area is 130 Å². The van der Waals surface area contributed by atoms with Crippen molar-refractivity contribution < 1.29 is 17.5 Å². The number of fused-ring (bicyclic) bond motifs is 1. The number of hydrogen-bond acceptors (Lipinski definition) is 4. The van der Waals surface area contributed by atoms with E-state index in [1.807, 2.05) is 0 Å². The highest BCUT2D eigenvalue weighted by Gasteiger charge is 2.21. The molecule has 1 aromatic rings. The number of halogens is 2. The molecule has 1 aliphatic heterocycles. The highest BCUT2D eigenvalue weighted by Crippen LogP contribution is 2.21. The molecule has 1 heterocycles. The summed E-state index contributed by atoms with van der Waals surface area (Å²) in [5, 5.41) is 3.05. The molecule has 2 rings (SSSR count). The summed E-state index contributed by atoms with van der Waals surface area (Å²) in [6, 6.07) is 4.80. The zero-order valence-corrected chi connectivity index (χ0v) is 13.4. The van der Waals surface area contributed by atoms with E-state index in [0.717, 1.165) is 11.1 Å². The van der Waals surface area contributed by atoms with Crippen LogP contribution in [0.15, 0.2) is 23.1 Å². The van der Waals surface area contributed by atoms with Crippen molar-refractivity contribution in [3.8, 4) is 0 Å². The molecule has 0 spiro atoms. The lowest BCUT2D eigenvalue weighted by molar-refractivity contribution is 0.204. The van der Waals surface area contributed by atoms with Crippen LogP contribution in [0.2, 0.25) is 0 Å². The number of benzene rings is 1. The van der Waals surface area contributed by atoms with Crippen molar-refractivity contribution in [2.24, 2.45) is 0 Å². The Morgan fingerprint density at radius 1 is 1.43 bits per heavy atom. The average molecular weight is 339 g/mol. The summed E-state index contributed by atoms with van der Waals surface area (Å²) in [7, 11) is -2.00. The summed E-state index contributed by atoms with van der Waals surface area (Å²) in [6.45, 7) is 0.630. The summed E-state index contributed by atoms with van der Waals surface area (Å²) in [5.74, 6) is 0. The van der Waals surface area contributed by atoms with E-state index in [1.165, 1.54) is 7.11 Å². The molecule has 1 aliphatic rings. The van der Waals surface area contributed by atoms with Crippen molar-refractivity contribution in [3.05, 3.63) is 29.3 Å². The third kappa shape index (κ3) is 4.62. The molecule has 0 saturated carbocycles. The lowest BCUT2D eigenvalue weighted by atomic mass is 9.96. The Kier molecular flexibility index (Phi) is 7.02. The molecule has 120 valence electrons. The lowest BCUT2D eigenvalue weighted by Gasteiger charge is -2.24. The fourth-order valence-corrected chi connectivity index (χ4v) is 3.26. The number of sulfonamides is 1. The van der Waals surface area contributed by atoms with Gasteiger partial charge in [-0.3, -0.25) is 0 Å². The van der Waals surface area contributed by atoms with Gasteiger partial charge in [-0.2, -0.15) is 0 Å². The smallest absolute Gasteiger partial charge is 0.240 e. The van der Waals surface area contributed by atoms with E-state index < -0.39 is 16.7 Å². The number of nitrogens with one attached hydrogen (secondary N) is 2. The minimum absolute atomic E-state index is 0. The molecule has 21 heavy (non-hydrogen) atoms. The van der Waals surface area contributed by atoms with Gasteiger partial charge in [0.05, 0.1) is 11.5 Å². The number of hydrogen-bond donors (Lipinski definition) is 2. The number of ether oxygens (including phenoxy) is 1. The molecule has 1 unspecified atom stereocenters. The standard InChI is InChI=1S/C13H19FN2O3S.ClH/c1-19-5-4-16-20(17,18)13-3-2-10-6-12(8-14)15-9-11(10)7-13;/h2-3,7,12,15-16H,4-6,8-9H2,1H3;1H. The normalized spacial score (nSPS) is 17.9. The quantitative estimate of drug-likeness (QED) is 0.760. The van der Waals surface area contributed by atoms with Gasteiger partial charge in [0.2, 0.25) is 10.0 Å². The number of alkyl halides is 1. The molecular formula is C13H20ClFN2O3S. The van der Waals surface area contributed by atoms with Crippen LogP contribution in [0, 0.1) is 0 Å². The maximum atomic E-state index is 12.6. The Bertz CT molecular complexity index is 569. The van der Waals surface area contributed by atoms with Crippen LogP contribution in [0.4, 0.5) is 4.39 Å². The first kappa shape index (κ1) is 18.3. The molecule has 0 bridgehead atoms. The van der Waals surface area contributed by atoms with Crippen molar-refractivity contribution in [2.75, 3.05) is 26.9 Å². The van der Waals surface area contributed by atoms with E-state index in [0.29, 0.717) is 19.6 Å². The van der Waals surface area contributed by atoms with Crippen molar-refractivity contribution in [3.63, 3.8) is 0 Å². The van der Waals surface area contributed by atoms with E-state index in [4.69, 9.17) is 4.74 Å². The average Bonchev–Trinajstić information content (AvgIpc) is 2.46. The fraction of sp³-hybridized carbons (Fsp3) is 0.538. The maximum absolute atomic E-state index is 12.6. The minimum atomic E-state index is -3.52. The zero-order chi connectivity index (χ0) is 14.6. The van der Waals surface area contributed by atoms with E-state index >= 15 is 0 Å². The molecule has 1 aromatic carbocycles. The van der Waals surface area contributed by atoms with Crippen molar-refractivity contribution in [1.82, 2.24) is 10.0 Å². The maximum Gasteiger partial charge on any atom is 0.240 e. The zero-order valence-electron chi connectivity index (χ0n) is 11.8. The highest BCUT2D eigenvalue weighted by atomic mass is 35.5. The molecular weight excluding hydrogens is 319 g/mol. The fourth-order valence-electron chi connectivity index (χ4n) is 2.20. The second kappa shape index (κ2) is 8.05. The first-order chi connectivity index (χ1) is 9.56. The molecule has 1 atom stereocenters. The van der Waals surface area contributed by atoms with Crippen LogP contribution in [0.5, 0.6) is 0 Å². The van der Waals surface area contributed by atoms with Crippen molar-refractivity contribution in [2.45, 2.75) is 23.9 Å². The largest absolute Gasteiger partial charge is 0.383 e. The van der Waals surface area contributed by atoms with Crippen LogP contribution in [-0.4, -0.2) is 41.4 Å². The third-order valence-electron chi connectivity index (χ3n) is 3.32. The van der Waals surface area contributed by atoms with Gasteiger partial charge in [-0.25, -0.2) is 17.5 Å². The molecule has 0 aromatic heterocycles. The van der Waals surface area contributed by atoms with Crippen LogP contribution in [0.3, 0.4) is 0 Å². The summed E-state index contributed by atoms with van der Waals surface area (Å²) >= 11 is 0. The predicted octanol–water partition coefficient (Wildman–Crippen LogP) is 1.02. The van der Waals surface area contributed by atoms with Crippen LogP contribution in [0.1, 0.15) is 11.1 Å². The van der Waals surface area contributed by atoms with Gasteiger partial charge in [0.1, 0.15) is 6.67 Å². The topological polar surface area (TPSA) is 67.4 Å². The predicted molar refractivity (Wildman–Crippen MR) is 81.1 cm³/mol. The summed E-state index contributed by atoms with van der Waals surface area (Å²) in [6.07, 6.45) is 0.587. The van der Waals surface area contributed by atoms with E-state index in [-0.39, 0.29) is 29.9 Å². The van der Waals surface area contributed by atoms with E-state index in [2.05, 4.69) is 10.0 Å². The Hall–Kier alpha value is -0.730. The van der Waals surface area contributed by atoms with Crippen LogP contribution in [-0.2, 0) is 27.7 Å². The van der Waals surface area contributed by atoms with Gasteiger partial charge in [-0.1, -0.05) is 6.07 Å². The van der Waals surface area contributed by atoms with Gasteiger partial charge in [-0.05, 0) is 29.7 Å². The number of methoxy groups -OCH3 is 1. The Balaban J connectivity index is 0.00000220. The van der Waals surface area contributed by atoms with Gasteiger partial charge in [0.25, 0.3) is 0 Å². The van der Waals surface area contributed by atoms with E-state index in [1.54, 1.807) is 18.2 Å². The summed E-state index contributed by atoms with van der Waals surface area (Å²) in [5.41, 5.74) is 1.91. The first-order valence-corrected chi connectivity index (χ1v) is 7.95. The van der Waals surface area contributed by atoms with Gasteiger partial charge < -0.3 is 10.1 Å². The Morgan fingerprint density at radius 2 is 2.19 bits per heavy atom. The van der Waals surface area contributed by atoms with Gasteiger partial charge >= 0.3 is 0 Å². The van der Waals surface area contributed by atoms with Crippen LogP contribution in [0.25, 0.3) is 0 Å². The molecule has 0 amide bonds. The van der Waals surface area contributed by atoms with Crippen molar-refractivity contribution in [1.29, 1.82) is 0 Å². The number of rotatable bonds is 6. The third-order valence-corrected chi connectivity index (χ3v) is 4.78. The van der Waals surface area contributed by atoms with Gasteiger partial charge in [0.15, 0.2) is 0 Å². The Morgan fingerprint density at radius 3 is 2.86 bits per heavy atom. The molecule has 0 radical (unpaired) electrons. The molecule has 8 heteroatoms. The monoisotopic (exact) mass is 338 g/mol.